The molecule has 8 N–H and O–H groups in total. The van der Waals surface area contributed by atoms with Crippen LogP contribution in [0.4, 0.5) is 0 Å². The second-order valence-corrected chi connectivity index (χ2v) is 8.83. The number of rotatable bonds is 14. The van der Waals surface area contributed by atoms with Crippen LogP contribution in [0.1, 0.15) is 44.1 Å². The summed E-state index contributed by atoms with van der Waals surface area (Å²) in [6.45, 7) is 0.854. The topological polar surface area (TPSA) is 205 Å². The lowest BCUT2D eigenvalue weighted by Crippen LogP contribution is -2.57. The SMILES string of the molecule is NCCCCC(N)C(=O)N1CCCC1C(=O)NC(Cc1ccccc1)C(=O)NC(CC(=O)O)C(=O)O. The molecule has 1 heterocycles. The van der Waals surface area contributed by atoms with Crippen molar-refractivity contribution in [2.75, 3.05) is 13.1 Å². The van der Waals surface area contributed by atoms with E-state index in [-0.39, 0.29) is 12.3 Å². The molecule has 0 bridgehead atoms. The van der Waals surface area contributed by atoms with Crippen LogP contribution in [0.2, 0.25) is 0 Å². The third kappa shape index (κ3) is 8.61. The van der Waals surface area contributed by atoms with Gasteiger partial charge >= 0.3 is 11.9 Å². The average Bonchev–Trinajstić information content (AvgIpc) is 3.33. The number of hydrogen-bond donors (Lipinski definition) is 6. The van der Waals surface area contributed by atoms with Crippen molar-refractivity contribution in [3.63, 3.8) is 0 Å². The highest BCUT2D eigenvalue weighted by Crippen LogP contribution is 2.20. The van der Waals surface area contributed by atoms with Crippen molar-refractivity contribution in [3.05, 3.63) is 35.9 Å². The number of hydrogen-bond acceptors (Lipinski definition) is 7. The van der Waals surface area contributed by atoms with E-state index in [0.717, 1.165) is 6.42 Å². The molecule has 1 aliphatic rings. The molecule has 1 aliphatic heterocycles. The van der Waals surface area contributed by atoms with E-state index in [4.69, 9.17) is 16.6 Å². The molecular formula is C24H35N5O7. The van der Waals surface area contributed by atoms with Gasteiger partial charge in [-0.05, 0) is 37.8 Å². The summed E-state index contributed by atoms with van der Waals surface area (Å²) in [5.41, 5.74) is 12.2. The molecule has 2 rings (SSSR count). The first-order valence-electron chi connectivity index (χ1n) is 12.0. The Morgan fingerprint density at radius 2 is 1.72 bits per heavy atom. The van der Waals surface area contributed by atoms with E-state index in [0.29, 0.717) is 44.3 Å². The van der Waals surface area contributed by atoms with Gasteiger partial charge in [0.05, 0.1) is 12.5 Å². The van der Waals surface area contributed by atoms with Crippen molar-refractivity contribution in [1.29, 1.82) is 0 Å². The molecule has 4 atom stereocenters. The molecule has 4 unspecified atom stereocenters. The van der Waals surface area contributed by atoms with E-state index in [2.05, 4.69) is 10.6 Å². The predicted octanol–water partition coefficient (Wildman–Crippen LogP) is -0.795. The number of nitrogens with one attached hydrogen (secondary N) is 2. The second kappa shape index (κ2) is 14.1. The minimum absolute atomic E-state index is 0.0388. The number of amides is 3. The van der Waals surface area contributed by atoms with Crippen LogP contribution in [-0.2, 0) is 30.4 Å². The van der Waals surface area contributed by atoms with Crippen LogP contribution in [0.15, 0.2) is 30.3 Å². The van der Waals surface area contributed by atoms with Crippen molar-refractivity contribution >= 4 is 29.7 Å². The van der Waals surface area contributed by atoms with Gasteiger partial charge in [-0.15, -0.1) is 0 Å². The van der Waals surface area contributed by atoms with Gasteiger partial charge in [0.25, 0.3) is 0 Å². The number of carbonyl (C=O) groups excluding carboxylic acids is 3. The lowest BCUT2D eigenvalue weighted by atomic mass is 10.0. The standard InChI is InChI=1S/C24H35N5O7/c25-11-5-4-9-16(26)23(34)29-12-6-10-19(29)22(33)27-17(13-15-7-2-1-3-8-15)21(32)28-18(24(35)36)14-20(30)31/h1-3,7-8,16-19H,4-6,9-14,25-26H2,(H,27,33)(H,28,32)(H,30,31)(H,35,36). The highest BCUT2D eigenvalue weighted by Gasteiger charge is 2.38. The summed E-state index contributed by atoms with van der Waals surface area (Å²) in [4.78, 5) is 62.9. The molecule has 0 spiro atoms. The third-order valence-electron chi connectivity index (χ3n) is 6.03. The number of aliphatic carboxylic acids is 2. The Labute approximate surface area is 209 Å². The minimum Gasteiger partial charge on any atom is -0.481 e. The fourth-order valence-electron chi connectivity index (χ4n) is 4.12. The fourth-order valence-corrected chi connectivity index (χ4v) is 4.12. The number of likely N-dealkylation sites (tertiary alicyclic amines) is 1. The number of carbonyl (C=O) groups is 5. The molecule has 12 heteroatoms. The molecule has 1 fully saturated rings. The van der Waals surface area contributed by atoms with Crippen molar-refractivity contribution in [2.24, 2.45) is 11.5 Å². The zero-order valence-corrected chi connectivity index (χ0v) is 20.1. The molecule has 3 amide bonds. The van der Waals surface area contributed by atoms with Crippen molar-refractivity contribution in [2.45, 2.75) is 69.1 Å². The Morgan fingerprint density at radius 3 is 2.33 bits per heavy atom. The van der Waals surface area contributed by atoms with Crippen LogP contribution in [-0.4, -0.2) is 82.0 Å². The number of nitrogens with two attached hydrogens (primary N) is 2. The van der Waals surface area contributed by atoms with Crippen LogP contribution < -0.4 is 22.1 Å². The molecule has 1 saturated heterocycles. The number of nitrogens with zero attached hydrogens (tertiary/aromatic N) is 1. The van der Waals surface area contributed by atoms with E-state index in [1.807, 2.05) is 0 Å². The molecular weight excluding hydrogens is 470 g/mol. The molecule has 0 aromatic heterocycles. The molecule has 0 aliphatic carbocycles. The van der Waals surface area contributed by atoms with Gasteiger partial charge < -0.3 is 37.2 Å². The van der Waals surface area contributed by atoms with Crippen LogP contribution in [0.5, 0.6) is 0 Å². The number of unbranched alkanes of at least 4 members (excludes halogenated alkanes) is 1. The molecule has 0 radical (unpaired) electrons. The van der Waals surface area contributed by atoms with Gasteiger partial charge in [-0.3, -0.25) is 19.2 Å². The van der Waals surface area contributed by atoms with Crippen molar-refractivity contribution < 1.29 is 34.2 Å². The summed E-state index contributed by atoms with van der Waals surface area (Å²) in [6, 6.07) is 4.32. The first-order valence-corrected chi connectivity index (χ1v) is 12.0. The summed E-state index contributed by atoms with van der Waals surface area (Å²) >= 11 is 0. The number of benzene rings is 1. The monoisotopic (exact) mass is 505 g/mol. The normalized spacial score (nSPS) is 17.6. The highest BCUT2D eigenvalue weighted by atomic mass is 16.4. The Kier molecular flexibility index (Phi) is 11.3. The smallest absolute Gasteiger partial charge is 0.326 e. The minimum atomic E-state index is -1.67. The van der Waals surface area contributed by atoms with Gasteiger partial charge in [0, 0.05) is 13.0 Å². The molecule has 198 valence electrons. The largest absolute Gasteiger partial charge is 0.481 e. The summed E-state index contributed by atoms with van der Waals surface area (Å²) in [7, 11) is 0. The Morgan fingerprint density at radius 1 is 1.03 bits per heavy atom. The molecule has 0 saturated carbocycles. The maximum absolute atomic E-state index is 13.2. The number of carboxylic acids is 2. The molecule has 12 nitrogen and oxygen atoms in total. The van der Waals surface area contributed by atoms with Crippen LogP contribution in [0.3, 0.4) is 0 Å². The van der Waals surface area contributed by atoms with E-state index < -0.39 is 54.3 Å². The summed E-state index contributed by atoms with van der Waals surface area (Å²) in [5.74, 6) is -4.64. The second-order valence-electron chi connectivity index (χ2n) is 8.83. The number of carboxylic acid groups (broad SMARTS) is 2. The van der Waals surface area contributed by atoms with Crippen LogP contribution in [0.25, 0.3) is 0 Å². The van der Waals surface area contributed by atoms with Gasteiger partial charge in [-0.2, -0.15) is 0 Å². The first kappa shape index (κ1) is 28.7. The maximum atomic E-state index is 13.2. The van der Waals surface area contributed by atoms with Gasteiger partial charge in [0.15, 0.2) is 0 Å². The Hall–Kier alpha value is -3.51. The van der Waals surface area contributed by atoms with E-state index in [1.54, 1.807) is 30.3 Å². The van der Waals surface area contributed by atoms with Crippen LogP contribution >= 0.6 is 0 Å². The quantitative estimate of drug-likeness (QED) is 0.175. The Balaban J connectivity index is 2.15. The predicted molar refractivity (Wildman–Crippen MR) is 130 cm³/mol. The molecule has 1 aromatic carbocycles. The molecule has 1 aromatic rings. The average molecular weight is 506 g/mol. The zero-order valence-electron chi connectivity index (χ0n) is 20.1. The van der Waals surface area contributed by atoms with Gasteiger partial charge in [0.2, 0.25) is 17.7 Å². The highest BCUT2D eigenvalue weighted by molar-refractivity contribution is 5.95. The van der Waals surface area contributed by atoms with E-state index in [1.165, 1.54) is 4.90 Å². The van der Waals surface area contributed by atoms with Crippen molar-refractivity contribution in [3.8, 4) is 0 Å². The van der Waals surface area contributed by atoms with Gasteiger partial charge in [-0.25, -0.2) is 4.79 Å². The van der Waals surface area contributed by atoms with Crippen LogP contribution in [0, 0.1) is 0 Å². The fraction of sp³-hybridized carbons (Fsp3) is 0.542. The lowest BCUT2D eigenvalue weighted by molar-refractivity contribution is -0.147. The summed E-state index contributed by atoms with van der Waals surface area (Å²) < 4.78 is 0. The van der Waals surface area contributed by atoms with E-state index in [9.17, 15) is 29.1 Å². The van der Waals surface area contributed by atoms with Gasteiger partial charge in [0.1, 0.15) is 18.1 Å². The Bertz CT molecular complexity index is 927. The van der Waals surface area contributed by atoms with Gasteiger partial charge in [-0.1, -0.05) is 36.8 Å². The first-order chi connectivity index (χ1) is 17.1. The zero-order chi connectivity index (χ0) is 26.7. The summed E-state index contributed by atoms with van der Waals surface area (Å²) in [6.07, 6.45) is 2.07. The van der Waals surface area contributed by atoms with Crippen molar-refractivity contribution in [1.82, 2.24) is 15.5 Å². The third-order valence-corrected chi connectivity index (χ3v) is 6.03. The summed E-state index contributed by atoms with van der Waals surface area (Å²) in [5, 5.41) is 23.1. The maximum Gasteiger partial charge on any atom is 0.326 e. The molecule has 36 heavy (non-hydrogen) atoms. The lowest BCUT2D eigenvalue weighted by Gasteiger charge is -2.28. The van der Waals surface area contributed by atoms with E-state index >= 15 is 0 Å².